The first kappa shape index (κ1) is 21.5. The molecule has 1 aliphatic rings. The van der Waals surface area contributed by atoms with E-state index >= 15 is 0 Å². The molecule has 0 bridgehead atoms. The Bertz CT molecular complexity index is 1510. The number of rotatable bonds is 5. The summed E-state index contributed by atoms with van der Waals surface area (Å²) in [4.78, 5) is 15.8. The highest BCUT2D eigenvalue weighted by Gasteiger charge is 2.17. The van der Waals surface area contributed by atoms with Crippen LogP contribution in [-0.4, -0.2) is 50.2 Å². The summed E-state index contributed by atoms with van der Waals surface area (Å²) in [7, 11) is 0. The Labute approximate surface area is 204 Å². The number of hydrogen-bond acceptors (Lipinski definition) is 7. The standard InChI is InChI=1S/C27H28N8/c1-18-11-22(4-3-21(18)12-20-7-9-35-26(13-20)30-17-32-35)33-27-24-14-23(5-6-25(24)29-16-31-27)34-10-8-28-19(2)15-34/h3-7,9,11,13-14,16-17,19,28H,8,10,12,15H2,1-2H3,(H,29,31,33)/t19-/m1/s1. The monoisotopic (exact) mass is 464 g/mol. The highest BCUT2D eigenvalue weighted by atomic mass is 15.3. The van der Waals surface area contributed by atoms with Gasteiger partial charge >= 0.3 is 0 Å². The molecule has 6 rings (SSSR count). The zero-order chi connectivity index (χ0) is 23.8. The van der Waals surface area contributed by atoms with Gasteiger partial charge in [0.1, 0.15) is 18.5 Å². The minimum Gasteiger partial charge on any atom is -0.369 e. The van der Waals surface area contributed by atoms with Gasteiger partial charge in [-0.25, -0.2) is 19.5 Å². The van der Waals surface area contributed by atoms with Crippen molar-refractivity contribution in [1.29, 1.82) is 0 Å². The first-order chi connectivity index (χ1) is 17.1. The van der Waals surface area contributed by atoms with Crippen molar-refractivity contribution in [3.05, 3.63) is 84.1 Å². The maximum atomic E-state index is 4.58. The maximum absolute atomic E-state index is 4.58. The van der Waals surface area contributed by atoms with Crippen LogP contribution in [0.5, 0.6) is 0 Å². The number of nitrogens with zero attached hydrogens (tertiary/aromatic N) is 6. The fraction of sp³-hybridized carbons (Fsp3) is 0.259. The lowest BCUT2D eigenvalue weighted by molar-refractivity contribution is 0.485. The molecule has 1 aliphatic heterocycles. The van der Waals surface area contributed by atoms with Gasteiger partial charge in [0.2, 0.25) is 0 Å². The molecular formula is C27H28N8. The summed E-state index contributed by atoms with van der Waals surface area (Å²) in [6.45, 7) is 7.36. The van der Waals surface area contributed by atoms with Crippen LogP contribution in [0.15, 0.2) is 67.4 Å². The molecule has 176 valence electrons. The summed E-state index contributed by atoms with van der Waals surface area (Å²) >= 11 is 0. The molecule has 0 spiro atoms. The van der Waals surface area contributed by atoms with Gasteiger partial charge in [-0.2, -0.15) is 5.10 Å². The lowest BCUT2D eigenvalue weighted by atomic mass is 10.0. The third-order valence-electron chi connectivity index (χ3n) is 6.70. The van der Waals surface area contributed by atoms with E-state index in [1.54, 1.807) is 17.2 Å². The summed E-state index contributed by atoms with van der Waals surface area (Å²) in [5.41, 5.74) is 7.74. The summed E-state index contributed by atoms with van der Waals surface area (Å²) < 4.78 is 1.78. The van der Waals surface area contributed by atoms with Crippen LogP contribution in [-0.2, 0) is 6.42 Å². The quantitative estimate of drug-likeness (QED) is 0.405. The van der Waals surface area contributed by atoms with E-state index in [9.17, 15) is 0 Å². The van der Waals surface area contributed by atoms with Crippen molar-refractivity contribution in [1.82, 2.24) is 29.9 Å². The third kappa shape index (κ3) is 4.40. The number of nitrogens with one attached hydrogen (secondary N) is 2. The third-order valence-corrected chi connectivity index (χ3v) is 6.70. The van der Waals surface area contributed by atoms with Crippen molar-refractivity contribution < 1.29 is 0 Å². The van der Waals surface area contributed by atoms with Gasteiger partial charge in [0.05, 0.1) is 5.52 Å². The lowest BCUT2D eigenvalue weighted by Crippen LogP contribution is -2.49. The van der Waals surface area contributed by atoms with E-state index in [2.05, 4.69) is 98.0 Å². The topological polar surface area (TPSA) is 83.3 Å². The van der Waals surface area contributed by atoms with Gasteiger partial charge in [-0.3, -0.25) is 0 Å². The predicted octanol–water partition coefficient (Wildman–Crippen LogP) is 4.11. The van der Waals surface area contributed by atoms with E-state index in [0.717, 1.165) is 54.1 Å². The first-order valence-electron chi connectivity index (χ1n) is 12.0. The number of aryl methyl sites for hydroxylation is 1. The molecule has 0 amide bonds. The summed E-state index contributed by atoms with van der Waals surface area (Å²) in [6, 6.07) is 17.6. The summed E-state index contributed by atoms with van der Waals surface area (Å²) in [5, 5.41) is 12.2. The molecular weight excluding hydrogens is 436 g/mol. The van der Waals surface area contributed by atoms with E-state index < -0.39 is 0 Å². The summed E-state index contributed by atoms with van der Waals surface area (Å²) in [6.07, 6.45) is 6.00. The van der Waals surface area contributed by atoms with Gasteiger partial charge in [0.25, 0.3) is 0 Å². The van der Waals surface area contributed by atoms with Crippen LogP contribution >= 0.6 is 0 Å². The molecule has 8 heteroatoms. The molecule has 1 saturated heterocycles. The van der Waals surface area contributed by atoms with Gasteiger partial charge < -0.3 is 15.5 Å². The van der Waals surface area contributed by atoms with Crippen molar-refractivity contribution in [3.8, 4) is 0 Å². The number of piperazine rings is 1. The number of hydrogen-bond donors (Lipinski definition) is 2. The van der Waals surface area contributed by atoms with E-state index in [0.29, 0.717) is 6.04 Å². The lowest BCUT2D eigenvalue weighted by Gasteiger charge is -2.33. The average Bonchev–Trinajstić information content (AvgIpc) is 3.34. The smallest absolute Gasteiger partial charge is 0.155 e. The molecule has 1 fully saturated rings. The number of fused-ring (bicyclic) bond motifs is 2. The molecule has 5 aromatic rings. The highest BCUT2D eigenvalue weighted by molar-refractivity contribution is 5.93. The average molecular weight is 465 g/mol. The molecule has 4 heterocycles. The molecule has 8 nitrogen and oxygen atoms in total. The zero-order valence-electron chi connectivity index (χ0n) is 19.9. The molecule has 2 aromatic carbocycles. The van der Waals surface area contributed by atoms with Gasteiger partial charge in [-0.05, 0) is 79.4 Å². The SMILES string of the molecule is Cc1cc(Nc2ncnc3ccc(N4CCN[C@H](C)C4)cc23)ccc1Cc1ccn2ncnc2c1. The number of aromatic nitrogens is 5. The Morgan fingerprint density at radius 1 is 1.03 bits per heavy atom. The van der Waals surface area contributed by atoms with Crippen LogP contribution in [0, 0.1) is 6.92 Å². The Morgan fingerprint density at radius 2 is 1.97 bits per heavy atom. The molecule has 2 N–H and O–H groups in total. The van der Waals surface area contributed by atoms with Crippen LogP contribution < -0.4 is 15.5 Å². The molecule has 1 atom stereocenters. The predicted molar refractivity (Wildman–Crippen MR) is 139 cm³/mol. The van der Waals surface area contributed by atoms with Crippen molar-refractivity contribution >= 4 is 33.7 Å². The van der Waals surface area contributed by atoms with Crippen molar-refractivity contribution in [3.63, 3.8) is 0 Å². The Morgan fingerprint density at radius 3 is 2.86 bits per heavy atom. The van der Waals surface area contributed by atoms with E-state index in [1.807, 2.05) is 6.20 Å². The van der Waals surface area contributed by atoms with Crippen LogP contribution in [0.4, 0.5) is 17.2 Å². The molecule has 0 saturated carbocycles. The first-order valence-corrected chi connectivity index (χ1v) is 12.0. The van der Waals surface area contributed by atoms with E-state index in [1.165, 1.54) is 22.4 Å². The van der Waals surface area contributed by atoms with Gasteiger partial charge in [-0.15, -0.1) is 0 Å². The normalized spacial score (nSPS) is 16.2. The minimum atomic E-state index is 0.476. The molecule has 35 heavy (non-hydrogen) atoms. The second kappa shape index (κ2) is 8.96. The molecule has 0 aliphatic carbocycles. The van der Waals surface area contributed by atoms with Crippen LogP contribution in [0.25, 0.3) is 16.6 Å². The highest BCUT2D eigenvalue weighted by Crippen LogP contribution is 2.29. The van der Waals surface area contributed by atoms with Crippen LogP contribution in [0.2, 0.25) is 0 Å². The van der Waals surface area contributed by atoms with E-state index in [4.69, 9.17) is 0 Å². The molecule has 0 unspecified atom stereocenters. The van der Waals surface area contributed by atoms with Crippen LogP contribution in [0.3, 0.4) is 0 Å². The number of pyridine rings is 1. The number of benzene rings is 2. The summed E-state index contributed by atoms with van der Waals surface area (Å²) in [5.74, 6) is 0.824. The number of anilines is 3. The van der Waals surface area contributed by atoms with E-state index in [-0.39, 0.29) is 0 Å². The van der Waals surface area contributed by atoms with Crippen molar-refractivity contribution in [2.75, 3.05) is 29.9 Å². The zero-order valence-corrected chi connectivity index (χ0v) is 19.9. The molecule has 3 aromatic heterocycles. The minimum absolute atomic E-state index is 0.476. The van der Waals surface area contributed by atoms with Gasteiger partial charge in [-0.1, -0.05) is 6.07 Å². The van der Waals surface area contributed by atoms with Gasteiger partial charge in [0, 0.05) is 48.6 Å². The Kier molecular flexibility index (Phi) is 5.50. The Balaban J connectivity index is 1.25. The van der Waals surface area contributed by atoms with Gasteiger partial charge in [0.15, 0.2) is 5.65 Å². The van der Waals surface area contributed by atoms with Crippen LogP contribution in [0.1, 0.15) is 23.6 Å². The fourth-order valence-corrected chi connectivity index (χ4v) is 4.80. The maximum Gasteiger partial charge on any atom is 0.155 e. The largest absolute Gasteiger partial charge is 0.369 e. The second-order valence-corrected chi connectivity index (χ2v) is 9.27. The van der Waals surface area contributed by atoms with Crippen molar-refractivity contribution in [2.24, 2.45) is 0 Å². The fourth-order valence-electron chi connectivity index (χ4n) is 4.80. The molecule has 0 radical (unpaired) electrons. The second-order valence-electron chi connectivity index (χ2n) is 9.27. The van der Waals surface area contributed by atoms with Crippen molar-refractivity contribution in [2.45, 2.75) is 26.3 Å². The Hall–Kier alpha value is -4.04.